The minimum atomic E-state index is -0.366. The van der Waals surface area contributed by atoms with Gasteiger partial charge in [-0.05, 0) is 25.1 Å². The molecule has 0 aliphatic carbocycles. The van der Waals surface area contributed by atoms with Gasteiger partial charge in [0.1, 0.15) is 11.6 Å². The van der Waals surface area contributed by atoms with Gasteiger partial charge in [0.15, 0.2) is 0 Å². The average Bonchev–Trinajstić information content (AvgIpc) is 2.29. The van der Waals surface area contributed by atoms with Crippen molar-refractivity contribution in [3.05, 3.63) is 41.4 Å². The van der Waals surface area contributed by atoms with Gasteiger partial charge in [-0.15, -0.1) is 0 Å². The lowest BCUT2D eigenvalue weighted by molar-refractivity contribution is 0.628. The van der Waals surface area contributed by atoms with E-state index in [1.54, 1.807) is 18.5 Å². The third kappa shape index (κ3) is 2.71. The number of nitrogens with zero attached hydrogens (tertiary/aromatic N) is 2. The van der Waals surface area contributed by atoms with Crippen molar-refractivity contribution in [2.24, 2.45) is 0 Å². The smallest absolute Gasteiger partial charge is 0.145 e. The van der Waals surface area contributed by atoms with E-state index in [0.717, 1.165) is 6.54 Å². The molecule has 1 heterocycles. The Labute approximate surface area is 104 Å². The number of nitrogens with one attached hydrogen (secondary N) is 1. The molecule has 17 heavy (non-hydrogen) atoms. The number of rotatable bonds is 3. The van der Waals surface area contributed by atoms with Crippen LogP contribution in [0.15, 0.2) is 30.6 Å². The Kier molecular flexibility index (Phi) is 3.54. The molecule has 0 atom stereocenters. The second kappa shape index (κ2) is 5.10. The first kappa shape index (κ1) is 11.8. The van der Waals surface area contributed by atoms with Crippen molar-refractivity contribution in [2.75, 3.05) is 11.9 Å². The maximum atomic E-state index is 12.9. The highest BCUT2D eigenvalue weighted by atomic mass is 35.5. The van der Waals surface area contributed by atoms with Crippen LogP contribution in [0, 0.1) is 5.82 Å². The van der Waals surface area contributed by atoms with Crippen LogP contribution in [0.25, 0.3) is 11.3 Å². The molecule has 0 unspecified atom stereocenters. The van der Waals surface area contributed by atoms with E-state index in [-0.39, 0.29) is 5.82 Å². The Hall–Kier alpha value is -1.68. The first-order valence-corrected chi connectivity index (χ1v) is 5.60. The minimum absolute atomic E-state index is 0.327. The quantitative estimate of drug-likeness (QED) is 0.909. The van der Waals surface area contributed by atoms with Gasteiger partial charge >= 0.3 is 0 Å². The molecule has 88 valence electrons. The van der Waals surface area contributed by atoms with E-state index in [4.69, 9.17) is 11.6 Å². The molecule has 0 radical (unpaired) electrons. The molecule has 1 aromatic carbocycles. The van der Waals surface area contributed by atoms with Crippen molar-refractivity contribution in [1.29, 1.82) is 0 Å². The summed E-state index contributed by atoms with van der Waals surface area (Å²) < 4.78 is 12.9. The summed E-state index contributed by atoms with van der Waals surface area (Å²) in [6.45, 7) is 2.73. The highest BCUT2D eigenvalue weighted by molar-refractivity contribution is 6.33. The third-order valence-corrected chi connectivity index (χ3v) is 2.51. The molecular formula is C12H11ClFN3. The summed E-state index contributed by atoms with van der Waals surface area (Å²) >= 11 is 5.97. The number of halogens is 2. The van der Waals surface area contributed by atoms with Crippen LogP contribution in [0.2, 0.25) is 5.02 Å². The van der Waals surface area contributed by atoms with E-state index in [2.05, 4.69) is 15.3 Å². The van der Waals surface area contributed by atoms with Crippen molar-refractivity contribution in [1.82, 2.24) is 9.97 Å². The fourth-order valence-electron chi connectivity index (χ4n) is 1.46. The molecule has 1 aromatic heterocycles. The summed E-state index contributed by atoms with van der Waals surface area (Å²) in [6.07, 6.45) is 3.23. The Balaban J connectivity index is 2.42. The van der Waals surface area contributed by atoms with Crippen molar-refractivity contribution in [3.63, 3.8) is 0 Å². The van der Waals surface area contributed by atoms with Crippen LogP contribution in [0.1, 0.15) is 6.92 Å². The summed E-state index contributed by atoms with van der Waals surface area (Å²) in [7, 11) is 0. The van der Waals surface area contributed by atoms with Crippen LogP contribution >= 0.6 is 11.6 Å². The van der Waals surface area contributed by atoms with E-state index in [1.165, 1.54) is 12.1 Å². The normalized spacial score (nSPS) is 10.3. The topological polar surface area (TPSA) is 37.8 Å². The van der Waals surface area contributed by atoms with Crippen LogP contribution in [0.5, 0.6) is 0 Å². The van der Waals surface area contributed by atoms with Crippen molar-refractivity contribution in [2.45, 2.75) is 6.92 Å². The molecule has 0 fully saturated rings. The van der Waals surface area contributed by atoms with Crippen molar-refractivity contribution >= 4 is 17.4 Å². The van der Waals surface area contributed by atoms with Gasteiger partial charge in [0, 0.05) is 12.1 Å². The maximum Gasteiger partial charge on any atom is 0.145 e. The number of hydrogen-bond acceptors (Lipinski definition) is 3. The number of benzene rings is 1. The molecule has 0 bridgehead atoms. The van der Waals surface area contributed by atoms with Crippen LogP contribution in [0.4, 0.5) is 10.2 Å². The van der Waals surface area contributed by atoms with Gasteiger partial charge in [-0.1, -0.05) is 11.6 Å². The van der Waals surface area contributed by atoms with Gasteiger partial charge in [-0.25, -0.2) is 9.37 Å². The predicted octanol–water partition coefficient (Wildman–Crippen LogP) is 3.37. The lowest BCUT2D eigenvalue weighted by Crippen LogP contribution is -2.00. The summed E-state index contributed by atoms with van der Waals surface area (Å²) in [5.74, 6) is 0.305. The second-order valence-electron chi connectivity index (χ2n) is 3.44. The van der Waals surface area contributed by atoms with Crippen LogP contribution in [0.3, 0.4) is 0 Å². The van der Waals surface area contributed by atoms with Gasteiger partial charge < -0.3 is 5.32 Å². The molecule has 2 aromatic rings. The molecule has 0 aliphatic rings. The fraction of sp³-hybridized carbons (Fsp3) is 0.167. The second-order valence-corrected chi connectivity index (χ2v) is 3.85. The zero-order chi connectivity index (χ0) is 12.3. The largest absolute Gasteiger partial charge is 0.369 e. The van der Waals surface area contributed by atoms with Crippen molar-refractivity contribution in [3.8, 4) is 11.3 Å². The average molecular weight is 252 g/mol. The molecular weight excluding hydrogens is 241 g/mol. The predicted molar refractivity (Wildman–Crippen MR) is 66.6 cm³/mol. The molecule has 0 saturated carbocycles. The van der Waals surface area contributed by atoms with Gasteiger partial charge in [-0.2, -0.15) is 0 Å². The summed E-state index contributed by atoms with van der Waals surface area (Å²) in [6, 6.07) is 4.21. The highest BCUT2D eigenvalue weighted by Gasteiger charge is 2.07. The van der Waals surface area contributed by atoms with E-state index in [9.17, 15) is 4.39 Å². The molecule has 0 amide bonds. The lowest BCUT2D eigenvalue weighted by atomic mass is 10.1. The zero-order valence-electron chi connectivity index (χ0n) is 9.24. The van der Waals surface area contributed by atoms with E-state index in [1.807, 2.05) is 6.92 Å². The monoisotopic (exact) mass is 251 g/mol. The van der Waals surface area contributed by atoms with Gasteiger partial charge in [0.05, 0.1) is 23.1 Å². The number of aromatic nitrogens is 2. The Morgan fingerprint density at radius 2 is 2.18 bits per heavy atom. The summed E-state index contributed by atoms with van der Waals surface area (Å²) in [5, 5.41) is 3.38. The first-order valence-electron chi connectivity index (χ1n) is 5.22. The van der Waals surface area contributed by atoms with Crippen LogP contribution in [-0.2, 0) is 0 Å². The van der Waals surface area contributed by atoms with E-state index < -0.39 is 0 Å². The molecule has 2 rings (SSSR count). The summed E-state index contributed by atoms with van der Waals surface area (Å²) in [4.78, 5) is 8.41. The highest BCUT2D eigenvalue weighted by Crippen LogP contribution is 2.27. The molecule has 0 aliphatic heterocycles. The van der Waals surface area contributed by atoms with Crippen LogP contribution in [-0.4, -0.2) is 16.5 Å². The number of anilines is 1. The van der Waals surface area contributed by atoms with E-state index in [0.29, 0.717) is 22.1 Å². The van der Waals surface area contributed by atoms with E-state index >= 15 is 0 Å². The summed E-state index contributed by atoms with van der Waals surface area (Å²) in [5.41, 5.74) is 1.29. The van der Waals surface area contributed by atoms with Gasteiger partial charge in [0.25, 0.3) is 0 Å². The third-order valence-electron chi connectivity index (χ3n) is 2.20. The molecule has 1 N–H and O–H groups in total. The van der Waals surface area contributed by atoms with Crippen molar-refractivity contribution < 1.29 is 4.39 Å². The Morgan fingerprint density at radius 3 is 2.88 bits per heavy atom. The molecule has 5 heteroatoms. The zero-order valence-corrected chi connectivity index (χ0v) is 10.0. The Bertz CT molecular complexity index is 531. The Morgan fingerprint density at radius 1 is 1.35 bits per heavy atom. The molecule has 3 nitrogen and oxygen atoms in total. The fourth-order valence-corrected chi connectivity index (χ4v) is 1.72. The SMILES string of the molecule is CCNc1cncc(-c2ccc(F)cc2Cl)n1. The van der Waals surface area contributed by atoms with Crippen LogP contribution < -0.4 is 5.32 Å². The molecule has 0 spiro atoms. The molecule has 0 saturated heterocycles. The maximum absolute atomic E-state index is 12.9. The van der Waals surface area contributed by atoms with Gasteiger partial charge in [0.2, 0.25) is 0 Å². The minimum Gasteiger partial charge on any atom is -0.369 e. The lowest BCUT2D eigenvalue weighted by Gasteiger charge is -2.06. The standard InChI is InChI=1S/C12H11ClFN3/c1-2-16-12-7-15-6-11(17-12)9-4-3-8(14)5-10(9)13/h3-7H,2H2,1H3,(H,16,17). The number of hydrogen-bond donors (Lipinski definition) is 1. The van der Waals surface area contributed by atoms with Gasteiger partial charge in [-0.3, -0.25) is 4.98 Å². The first-order chi connectivity index (χ1) is 8.20.